The van der Waals surface area contributed by atoms with Crippen molar-refractivity contribution in [3.63, 3.8) is 0 Å². The van der Waals surface area contributed by atoms with Crippen molar-refractivity contribution in [3.05, 3.63) is 35.4 Å². The molecular weight excluding hydrogens is 236 g/mol. The Labute approximate surface area is 97.6 Å². The van der Waals surface area contributed by atoms with E-state index >= 15 is 0 Å². The Kier molecular flexibility index (Phi) is 3.86. The molecule has 1 aromatic rings. The van der Waals surface area contributed by atoms with Gasteiger partial charge in [-0.15, -0.1) is 11.6 Å². The van der Waals surface area contributed by atoms with Crippen molar-refractivity contribution < 1.29 is 13.6 Å². The molecule has 0 bridgehead atoms. The molecule has 0 spiro atoms. The van der Waals surface area contributed by atoms with Gasteiger partial charge in [0.05, 0.1) is 0 Å². The summed E-state index contributed by atoms with van der Waals surface area (Å²) in [5.74, 6) is -2.28. The third kappa shape index (κ3) is 3.17. The van der Waals surface area contributed by atoms with Gasteiger partial charge < -0.3 is 5.32 Å². The number of benzene rings is 1. The summed E-state index contributed by atoms with van der Waals surface area (Å²) in [6.07, 6.45) is 0. The van der Waals surface area contributed by atoms with E-state index in [1.54, 1.807) is 13.8 Å². The Morgan fingerprint density at radius 1 is 1.38 bits per heavy atom. The van der Waals surface area contributed by atoms with Crippen LogP contribution >= 0.6 is 11.6 Å². The Hall–Kier alpha value is -1.16. The highest BCUT2D eigenvalue weighted by atomic mass is 35.5. The summed E-state index contributed by atoms with van der Waals surface area (Å²) in [5, 5.41) is 2.61. The zero-order chi connectivity index (χ0) is 12.3. The maximum atomic E-state index is 12.9. The van der Waals surface area contributed by atoms with E-state index in [0.717, 1.165) is 12.1 Å². The summed E-state index contributed by atoms with van der Waals surface area (Å²) in [4.78, 5) is 11.6. The van der Waals surface area contributed by atoms with Gasteiger partial charge >= 0.3 is 0 Å². The van der Waals surface area contributed by atoms with Gasteiger partial charge in [-0.1, -0.05) is 0 Å². The van der Waals surface area contributed by atoms with Crippen LogP contribution in [0.1, 0.15) is 24.2 Å². The average Bonchev–Trinajstić information content (AvgIpc) is 2.21. The van der Waals surface area contributed by atoms with E-state index in [-0.39, 0.29) is 11.4 Å². The van der Waals surface area contributed by atoms with Crippen molar-refractivity contribution in [1.82, 2.24) is 5.32 Å². The molecule has 0 unspecified atom stereocenters. The van der Waals surface area contributed by atoms with Gasteiger partial charge in [-0.2, -0.15) is 0 Å². The van der Waals surface area contributed by atoms with Crippen LogP contribution in [0.2, 0.25) is 0 Å². The minimum Gasteiger partial charge on any atom is -0.346 e. The lowest BCUT2D eigenvalue weighted by atomic mass is 10.1. The summed E-state index contributed by atoms with van der Waals surface area (Å²) < 4.78 is 25.5. The second-order valence-corrected chi connectivity index (χ2v) is 4.37. The molecule has 5 heteroatoms. The number of hydrogen-bond donors (Lipinski definition) is 1. The normalized spacial score (nSPS) is 11.3. The van der Waals surface area contributed by atoms with Crippen LogP contribution in [0, 0.1) is 11.6 Å². The molecule has 0 aliphatic carbocycles. The molecule has 1 N–H and O–H groups in total. The fourth-order valence-corrected chi connectivity index (χ4v) is 1.12. The zero-order valence-electron chi connectivity index (χ0n) is 8.98. The predicted octanol–water partition coefficient (Wildman–Crippen LogP) is 2.71. The highest BCUT2D eigenvalue weighted by molar-refractivity contribution is 6.18. The molecule has 1 aromatic carbocycles. The van der Waals surface area contributed by atoms with Gasteiger partial charge in [0.2, 0.25) is 0 Å². The summed E-state index contributed by atoms with van der Waals surface area (Å²) in [7, 11) is 0. The third-order valence-electron chi connectivity index (χ3n) is 1.97. The first-order valence-electron chi connectivity index (χ1n) is 4.69. The first-order chi connectivity index (χ1) is 7.35. The van der Waals surface area contributed by atoms with E-state index in [1.165, 1.54) is 6.07 Å². The Morgan fingerprint density at radius 3 is 2.50 bits per heavy atom. The van der Waals surface area contributed by atoms with Crippen LogP contribution in [-0.4, -0.2) is 17.3 Å². The van der Waals surface area contributed by atoms with E-state index in [1.807, 2.05) is 0 Å². The van der Waals surface area contributed by atoms with E-state index in [4.69, 9.17) is 11.6 Å². The molecule has 2 nitrogen and oxygen atoms in total. The first-order valence-corrected chi connectivity index (χ1v) is 5.23. The molecule has 1 amide bonds. The number of rotatable bonds is 3. The first kappa shape index (κ1) is 12.9. The van der Waals surface area contributed by atoms with Crippen LogP contribution in [-0.2, 0) is 0 Å². The van der Waals surface area contributed by atoms with E-state index < -0.39 is 23.1 Å². The van der Waals surface area contributed by atoms with Gasteiger partial charge in [0.25, 0.3) is 5.91 Å². The van der Waals surface area contributed by atoms with Crippen molar-refractivity contribution in [3.8, 4) is 0 Å². The number of carbonyl (C=O) groups is 1. The molecule has 16 heavy (non-hydrogen) atoms. The van der Waals surface area contributed by atoms with E-state index in [2.05, 4.69) is 5.32 Å². The Morgan fingerprint density at radius 2 is 2.00 bits per heavy atom. The van der Waals surface area contributed by atoms with Gasteiger partial charge in [-0.3, -0.25) is 4.79 Å². The lowest BCUT2D eigenvalue weighted by Crippen LogP contribution is -2.44. The van der Waals surface area contributed by atoms with Crippen molar-refractivity contribution in [2.24, 2.45) is 0 Å². The zero-order valence-corrected chi connectivity index (χ0v) is 9.74. The van der Waals surface area contributed by atoms with Crippen LogP contribution in [0.3, 0.4) is 0 Å². The molecule has 0 radical (unpaired) electrons. The summed E-state index contributed by atoms with van der Waals surface area (Å²) in [5.41, 5.74) is -0.527. The minimum absolute atomic E-state index is 0.0668. The second-order valence-electron chi connectivity index (χ2n) is 4.10. The SMILES string of the molecule is CC(C)(CCl)NC(=O)c1ccc(F)c(F)c1. The second kappa shape index (κ2) is 4.78. The molecular formula is C11H12ClF2NO. The molecule has 0 atom stereocenters. The quantitative estimate of drug-likeness (QED) is 0.818. The van der Waals surface area contributed by atoms with Crippen molar-refractivity contribution >= 4 is 17.5 Å². The number of carbonyl (C=O) groups excluding carboxylic acids is 1. The van der Waals surface area contributed by atoms with Crippen LogP contribution in [0.5, 0.6) is 0 Å². The summed E-state index contributed by atoms with van der Waals surface area (Å²) in [6.45, 7) is 3.47. The summed E-state index contributed by atoms with van der Waals surface area (Å²) >= 11 is 5.63. The van der Waals surface area contributed by atoms with Crippen LogP contribution < -0.4 is 5.32 Å². The van der Waals surface area contributed by atoms with E-state index in [0.29, 0.717) is 0 Å². The van der Waals surface area contributed by atoms with Gasteiger partial charge in [-0.25, -0.2) is 8.78 Å². The minimum atomic E-state index is -1.05. The summed E-state index contributed by atoms with van der Waals surface area (Å²) in [6, 6.07) is 2.99. The molecule has 88 valence electrons. The Balaban J connectivity index is 2.85. The fraction of sp³-hybridized carbons (Fsp3) is 0.364. The van der Waals surface area contributed by atoms with Gasteiger partial charge in [0.1, 0.15) is 0 Å². The third-order valence-corrected chi connectivity index (χ3v) is 2.64. The molecule has 0 saturated carbocycles. The largest absolute Gasteiger partial charge is 0.346 e. The molecule has 0 saturated heterocycles. The van der Waals surface area contributed by atoms with Gasteiger partial charge in [0, 0.05) is 17.0 Å². The monoisotopic (exact) mass is 247 g/mol. The van der Waals surface area contributed by atoms with Gasteiger partial charge in [-0.05, 0) is 32.0 Å². The maximum Gasteiger partial charge on any atom is 0.251 e. The fourth-order valence-electron chi connectivity index (χ4n) is 1.05. The number of alkyl halides is 1. The number of halogens is 3. The highest BCUT2D eigenvalue weighted by Crippen LogP contribution is 2.11. The molecule has 1 rings (SSSR count). The number of hydrogen-bond acceptors (Lipinski definition) is 1. The van der Waals surface area contributed by atoms with Crippen LogP contribution in [0.25, 0.3) is 0 Å². The molecule has 0 aliphatic rings. The highest BCUT2D eigenvalue weighted by Gasteiger charge is 2.20. The standard InChI is InChI=1S/C11H12ClF2NO/c1-11(2,6-12)15-10(16)7-3-4-8(13)9(14)5-7/h3-5H,6H2,1-2H3,(H,15,16). The van der Waals surface area contributed by atoms with Crippen molar-refractivity contribution in [2.45, 2.75) is 19.4 Å². The number of nitrogens with one attached hydrogen (secondary N) is 1. The van der Waals surface area contributed by atoms with Crippen LogP contribution in [0.4, 0.5) is 8.78 Å². The topological polar surface area (TPSA) is 29.1 Å². The van der Waals surface area contributed by atoms with Crippen molar-refractivity contribution in [1.29, 1.82) is 0 Å². The molecule has 0 fully saturated rings. The van der Waals surface area contributed by atoms with Crippen molar-refractivity contribution in [2.75, 3.05) is 5.88 Å². The lowest BCUT2D eigenvalue weighted by Gasteiger charge is -2.23. The molecule has 0 heterocycles. The van der Waals surface area contributed by atoms with Gasteiger partial charge in [0.15, 0.2) is 11.6 Å². The maximum absolute atomic E-state index is 12.9. The molecule has 0 aliphatic heterocycles. The van der Waals surface area contributed by atoms with Crippen LogP contribution in [0.15, 0.2) is 18.2 Å². The predicted molar refractivity (Wildman–Crippen MR) is 58.6 cm³/mol. The molecule has 0 aromatic heterocycles. The van der Waals surface area contributed by atoms with E-state index in [9.17, 15) is 13.6 Å². The lowest BCUT2D eigenvalue weighted by molar-refractivity contribution is 0.0920. The average molecular weight is 248 g/mol. The Bertz CT molecular complexity index is 407. The number of amides is 1. The smallest absolute Gasteiger partial charge is 0.251 e.